The van der Waals surface area contributed by atoms with E-state index in [1.165, 1.54) is 81.8 Å². The highest BCUT2D eigenvalue weighted by molar-refractivity contribution is 4.47. The summed E-state index contributed by atoms with van der Waals surface area (Å²) in [4.78, 5) is 0. The third-order valence-electron chi connectivity index (χ3n) is 4.04. The molecule has 0 saturated heterocycles. The summed E-state index contributed by atoms with van der Waals surface area (Å²) < 4.78 is 1.20. The molecule has 0 saturated carbocycles. The summed E-state index contributed by atoms with van der Waals surface area (Å²) in [5.74, 6) is 0. The normalized spacial score (nSPS) is 11.4. The van der Waals surface area contributed by atoms with Crippen LogP contribution in [0, 0.1) is 0 Å². The molecule has 0 aliphatic carbocycles. The van der Waals surface area contributed by atoms with Gasteiger partial charge in [-0.3, -0.25) is 0 Å². The van der Waals surface area contributed by atoms with Crippen molar-refractivity contribution in [3.8, 4) is 0 Å². The van der Waals surface area contributed by atoms with Gasteiger partial charge < -0.3 is 26.6 Å². The number of halogens is 1. The van der Waals surface area contributed by atoms with E-state index in [0.29, 0.717) is 6.61 Å². The minimum absolute atomic E-state index is 0. The predicted molar refractivity (Wildman–Crippen MR) is 85.4 cm³/mol. The van der Waals surface area contributed by atoms with Gasteiger partial charge in [0.2, 0.25) is 0 Å². The largest absolute Gasteiger partial charge is 1.00 e. The molecule has 20 heavy (non-hydrogen) atoms. The second-order valence-electron chi connectivity index (χ2n) is 6.64. The first-order chi connectivity index (χ1) is 9.12. The molecule has 0 amide bonds. The first-order valence-electron chi connectivity index (χ1n) is 8.55. The Morgan fingerprint density at radius 1 is 0.650 bits per heavy atom. The minimum Gasteiger partial charge on any atom is -1.00 e. The highest BCUT2D eigenvalue weighted by Gasteiger charge is 2.12. The maximum absolute atomic E-state index is 8.68. The lowest BCUT2D eigenvalue weighted by atomic mass is 10.1. The fraction of sp³-hybridized carbons (Fsp3) is 1.00. The van der Waals surface area contributed by atoms with Crippen LogP contribution in [0.5, 0.6) is 0 Å². The predicted octanol–water partition coefficient (Wildman–Crippen LogP) is 1.37. The first kappa shape index (κ1) is 22.7. The van der Waals surface area contributed by atoms with Crippen molar-refractivity contribution in [2.24, 2.45) is 0 Å². The number of unbranched alkanes of at least 4 members (excludes halogenated alkanes) is 9. The van der Waals surface area contributed by atoms with Gasteiger partial charge in [-0.2, -0.15) is 0 Å². The second-order valence-corrected chi connectivity index (χ2v) is 6.64. The van der Waals surface area contributed by atoms with E-state index < -0.39 is 0 Å². The van der Waals surface area contributed by atoms with E-state index in [0.717, 1.165) is 6.42 Å². The minimum atomic E-state index is 0. The number of hydrogen-bond donors (Lipinski definition) is 1. The molecule has 0 rings (SSSR count). The van der Waals surface area contributed by atoms with Crippen molar-refractivity contribution in [2.45, 2.75) is 77.6 Å². The Bertz CT molecular complexity index is 186. The molecule has 0 unspecified atom stereocenters. The van der Waals surface area contributed by atoms with Crippen LogP contribution >= 0.6 is 0 Å². The molecule has 0 spiro atoms. The average molecular weight is 352 g/mol. The van der Waals surface area contributed by atoms with Crippen molar-refractivity contribution in [1.29, 1.82) is 0 Å². The molecule has 0 aromatic rings. The number of aliphatic hydroxyl groups excluding tert-OH is 1. The zero-order valence-electron chi connectivity index (χ0n) is 14.2. The van der Waals surface area contributed by atoms with Gasteiger partial charge in [-0.05, 0) is 25.7 Å². The van der Waals surface area contributed by atoms with E-state index in [-0.39, 0.29) is 17.0 Å². The van der Waals surface area contributed by atoms with E-state index in [4.69, 9.17) is 5.11 Å². The van der Waals surface area contributed by atoms with E-state index >= 15 is 0 Å². The summed E-state index contributed by atoms with van der Waals surface area (Å²) in [6.07, 6.45) is 14.5. The van der Waals surface area contributed by atoms with Crippen molar-refractivity contribution in [3.63, 3.8) is 0 Å². The molecule has 0 fully saturated rings. The maximum atomic E-state index is 8.68. The molecular formula is C17H38BrNO. The molecule has 0 aliphatic heterocycles. The maximum Gasteiger partial charge on any atom is 0.0782 e. The molecule has 0 aliphatic rings. The fourth-order valence-electron chi connectivity index (χ4n) is 2.59. The Morgan fingerprint density at radius 2 is 1.05 bits per heavy atom. The fourth-order valence-corrected chi connectivity index (χ4v) is 2.59. The molecule has 0 aromatic carbocycles. The summed E-state index contributed by atoms with van der Waals surface area (Å²) >= 11 is 0. The number of aliphatic hydroxyl groups is 1. The molecule has 3 heteroatoms. The highest BCUT2D eigenvalue weighted by Crippen LogP contribution is 2.11. The van der Waals surface area contributed by atoms with Crippen molar-refractivity contribution in [2.75, 3.05) is 33.8 Å². The Balaban J connectivity index is 0. The second kappa shape index (κ2) is 15.8. The van der Waals surface area contributed by atoms with Crippen LogP contribution in [-0.2, 0) is 0 Å². The van der Waals surface area contributed by atoms with Crippen molar-refractivity contribution in [3.05, 3.63) is 0 Å². The lowest BCUT2D eigenvalue weighted by Gasteiger charge is -2.29. The first-order valence-corrected chi connectivity index (χ1v) is 8.55. The standard InChI is InChI=1S/C17H38NO.BrH/c1-4-5-15-18(2,3)16-13-11-9-7-6-8-10-12-14-17-19;/h19H,4-17H2,1-3H3;1H/q+1;/p-1. The highest BCUT2D eigenvalue weighted by atomic mass is 79.9. The third kappa shape index (κ3) is 16.5. The topological polar surface area (TPSA) is 20.2 Å². The van der Waals surface area contributed by atoms with Crippen LogP contribution in [0.25, 0.3) is 0 Å². The van der Waals surface area contributed by atoms with E-state index in [2.05, 4.69) is 21.0 Å². The van der Waals surface area contributed by atoms with Crippen LogP contribution in [0.15, 0.2) is 0 Å². The third-order valence-corrected chi connectivity index (χ3v) is 4.04. The molecule has 0 atom stereocenters. The summed E-state index contributed by atoms with van der Waals surface area (Å²) in [6, 6.07) is 0. The van der Waals surface area contributed by atoms with Gasteiger partial charge in [0.1, 0.15) is 0 Å². The Kier molecular flexibility index (Phi) is 17.9. The number of hydrogen-bond acceptors (Lipinski definition) is 1. The molecule has 1 N–H and O–H groups in total. The van der Waals surface area contributed by atoms with Gasteiger partial charge in [0.05, 0.1) is 27.2 Å². The summed E-state index contributed by atoms with van der Waals surface area (Å²) in [7, 11) is 4.74. The Hall–Kier alpha value is 0.400. The van der Waals surface area contributed by atoms with E-state index in [9.17, 15) is 0 Å². The van der Waals surface area contributed by atoms with Crippen molar-refractivity contribution in [1.82, 2.24) is 0 Å². The molecule has 0 radical (unpaired) electrons. The lowest BCUT2D eigenvalue weighted by Crippen LogP contribution is -3.00. The summed E-state index contributed by atoms with van der Waals surface area (Å²) in [5, 5.41) is 8.68. The molecule has 0 bridgehead atoms. The smallest absolute Gasteiger partial charge is 0.0782 e. The van der Waals surface area contributed by atoms with Crippen molar-refractivity contribution < 1.29 is 26.6 Å². The molecular weight excluding hydrogens is 314 g/mol. The van der Waals surface area contributed by atoms with Crippen LogP contribution in [0.3, 0.4) is 0 Å². The van der Waals surface area contributed by atoms with Gasteiger partial charge in [-0.25, -0.2) is 0 Å². The van der Waals surface area contributed by atoms with E-state index in [1.807, 2.05) is 0 Å². The van der Waals surface area contributed by atoms with Crippen molar-refractivity contribution >= 4 is 0 Å². The average Bonchev–Trinajstić information content (AvgIpc) is 2.38. The number of nitrogens with zero attached hydrogens (tertiary/aromatic N) is 1. The van der Waals surface area contributed by atoms with Crippen LogP contribution in [0.4, 0.5) is 0 Å². The molecule has 2 nitrogen and oxygen atoms in total. The van der Waals surface area contributed by atoms with Crippen LogP contribution in [0.2, 0.25) is 0 Å². The Labute approximate surface area is 138 Å². The molecule has 0 heterocycles. The van der Waals surface area contributed by atoms with Gasteiger partial charge in [-0.1, -0.05) is 51.9 Å². The SMILES string of the molecule is CCCC[N+](C)(C)CCCCCCCCCCCO.[Br-]. The number of rotatable bonds is 14. The van der Waals surface area contributed by atoms with Gasteiger partial charge in [0.25, 0.3) is 0 Å². The van der Waals surface area contributed by atoms with Gasteiger partial charge >= 0.3 is 0 Å². The molecule has 124 valence electrons. The molecule has 0 aromatic heterocycles. The number of quaternary nitrogens is 1. The van der Waals surface area contributed by atoms with Crippen LogP contribution in [-0.4, -0.2) is 43.4 Å². The quantitative estimate of drug-likeness (QED) is 0.370. The van der Waals surface area contributed by atoms with Crippen LogP contribution in [0.1, 0.15) is 77.6 Å². The van der Waals surface area contributed by atoms with Crippen LogP contribution < -0.4 is 17.0 Å². The monoisotopic (exact) mass is 351 g/mol. The summed E-state index contributed by atoms with van der Waals surface area (Å²) in [5.41, 5.74) is 0. The Morgan fingerprint density at radius 3 is 1.50 bits per heavy atom. The summed E-state index contributed by atoms with van der Waals surface area (Å²) in [6.45, 7) is 5.32. The lowest BCUT2D eigenvalue weighted by molar-refractivity contribution is -0.890. The van der Waals surface area contributed by atoms with Gasteiger partial charge in [0, 0.05) is 6.61 Å². The zero-order valence-corrected chi connectivity index (χ0v) is 15.8. The van der Waals surface area contributed by atoms with Gasteiger partial charge in [0.15, 0.2) is 0 Å². The van der Waals surface area contributed by atoms with E-state index in [1.54, 1.807) is 0 Å². The van der Waals surface area contributed by atoms with Gasteiger partial charge in [-0.15, -0.1) is 0 Å². The zero-order chi connectivity index (χ0) is 14.4.